The first-order valence-corrected chi connectivity index (χ1v) is 15.3. The molecule has 3 aromatic rings. The van der Waals surface area contributed by atoms with Crippen LogP contribution in [0.5, 0.6) is 0 Å². The number of benzene rings is 3. The highest BCUT2D eigenvalue weighted by Gasteiger charge is 2.25. The van der Waals surface area contributed by atoms with Crippen LogP contribution < -0.4 is 4.72 Å². The second-order valence-electron chi connectivity index (χ2n) is 9.91. The highest BCUT2D eigenvalue weighted by molar-refractivity contribution is 7.92. The molecule has 1 amide bonds. The normalized spacial score (nSPS) is 14.4. The van der Waals surface area contributed by atoms with Crippen LogP contribution in [0.15, 0.2) is 82.7 Å². The van der Waals surface area contributed by atoms with Crippen LogP contribution in [0.1, 0.15) is 47.3 Å². The van der Waals surface area contributed by atoms with Crippen LogP contribution in [0.4, 0.5) is 11.4 Å². The number of allylic oxidation sites excluding steroid dienone is 1. The average molecular weight is 559 g/mol. The maximum Gasteiger partial charge on any atom is 0.264 e. The van der Waals surface area contributed by atoms with Crippen molar-refractivity contribution in [2.75, 3.05) is 37.4 Å². The molecular formula is C32H38N4O3S. The molecule has 1 N–H and O–H groups in total. The van der Waals surface area contributed by atoms with Gasteiger partial charge in [-0.2, -0.15) is 0 Å². The van der Waals surface area contributed by atoms with Gasteiger partial charge in [-0.1, -0.05) is 61.5 Å². The van der Waals surface area contributed by atoms with Crippen molar-refractivity contribution in [3.63, 3.8) is 0 Å². The third-order valence-electron chi connectivity index (χ3n) is 7.23. The molecular weight excluding hydrogens is 520 g/mol. The predicted molar refractivity (Wildman–Crippen MR) is 164 cm³/mol. The Morgan fingerprint density at radius 2 is 1.77 bits per heavy atom. The van der Waals surface area contributed by atoms with E-state index in [1.165, 1.54) is 11.6 Å². The molecule has 0 bridgehead atoms. The Hall–Kier alpha value is -3.75. The maximum absolute atomic E-state index is 13.4. The minimum atomic E-state index is -3.93. The number of carbonyl (C=O) groups is 1. The van der Waals surface area contributed by atoms with Crippen molar-refractivity contribution in [2.24, 2.45) is 4.99 Å². The number of carbonyl (C=O) groups excluding carboxylic acids is 1. The van der Waals surface area contributed by atoms with Crippen LogP contribution in [0.3, 0.4) is 0 Å². The van der Waals surface area contributed by atoms with Crippen LogP contribution in [-0.4, -0.2) is 63.6 Å². The summed E-state index contributed by atoms with van der Waals surface area (Å²) in [4.78, 5) is 21.8. The van der Waals surface area contributed by atoms with Gasteiger partial charge in [-0.15, -0.1) is 0 Å². The van der Waals surface area contributed by atoms with E-state index in [9.17, 15) is 13.2 Å². The van der Waals surface area contributed by atoms with E-state index in [1.54, 1.807) is 36.4 Å². The Morgan fingerprint density at radius 3 is 2.45 bits per heavy atom. The van der Waals surface area contributed by atoms with Crippen molar-refractivity contribution in [2.45, 2.75) is 38.0 Å². The second-order valence-corrected chi connectivity index (χ2v) is 11.6. The van der Waals surface area contributed by atoms with Crippen LogP contribution in [0.2, 0.25) is 0 Å². The molecule has 0 atom stereocenters. The number of aryl methyl sites for hydroxylation is 2. The van der Waals surface area contributed by atoms with E-state index in [-0.39, 0.29) is 10.8 Å². The number of aliphatic imine (C=N–C) groups is 1. The van der Waals surface area contributed by atoms with Crippen molar-refractivity contribution in [1.82, 2.24) is 9.80 Å². The van der Waals surface area contributed by atoms with Gasteiger partial charge in [0.05, 0.1) is 5.69 Å². The van der Waals surface area contributed by atoms with E-state index in [0.717, 1.165) is 38.0 Å². The molecule has 1 aliphatic rings. The van der Waals surface area contributed by atoms with Crippen molar-refractivity contribution < 1.29 is 13.2 Å². The minimum absolute atomic E-state index is 0.00705. The standard InChI is InChI=1S/C32H38N4O3S/c1-4-11-27-15-9-16-30(31(27)33-3)40(38,39)34-28-17-18-29(26(5-2)24-28)32(37)36-22-20-35(21-23-36)19-10-14-25-12-7-6-8-13-25/h4,6-9,11-13,15-18,24,34H,3,5,10,14,19-23H2,1-2H3/b11-4-. The van der Waals surface area contributed by atoms with Crippen molar-refractivity contribution in [1.29, 1.82) is 0 Å². The smallest absolute Gasteiger partial charge is 0.264 e. The lowest BCUT2D eigenvalue weighted by Crippen LogP contribution is -2.49. The molecule has 1 fully saturated rings. The van der Waals surface area contributed by atoms with Crippen molar-refractivity contribution >= 4 is 40.1 Å². The molecule has 0 aromatic heterocycles. The minimum Gasteiger partial charge on any atom is -0.336 e. The molecule has 8 heteroatoms. The van der Waals surface area contributed by atoms with E-state index < -0.39 is 10.0 Å². The van der Waals surface area contributed by atoms with Gasteiger partial charge in [0, 0.05) is 43.0 Å². The molecule has 0 unspecified atom stereocenters. The summed E-state index contributed by atoms with van der Waals surface area (Å²) in [5.41, 5.74) is 4.16. The zero-order valence-corrected chi connectivity index (χ0v) is 24.2. The van der Waals surface area contributed by atoms with E-state index >= 15 is 0 Å². The summed E-state index contributed by atoms with van der Waals surface area (Å²) in [6, 6.07) is 20.6. The Balaban J connectivity index is 1.40. The fraction of sp³-hybridized carbons (Fsp3) is 0.312. The number of anilines is 1. The molecule has 210 valence electrons. The molecule has 0 radical (unpaired) electrons. The van der Waals surface area contributed by atoms with E-state index in [2.05, 4.69) is 45.6 Å². The maximum atomic E-state index is 13.4. The van der Waals surface area contributed by atoms with Gasteiger partial charge in [0.25, 0.3) is 15.9 Å². The summed E-state index contributed by atoms with van der Waals surface area (Å²) >= 11 is 0. The van der Waals surface area contributed by atoms with Crippen LogP contribution in [-0.2, 0) is 22.9 Å². The van der Waals surface area contributed by atoms with Crippen LogP contribution >= 0.6 is 0 Å². The summed E-state index contributed by atoms with van der Waals surface area (Å²) < 4.78 is 29.2. The van der Waals surface area contributed by atoms with Gasteiger partial charge in [0.15, 0.2) is 0 Å². The lowest BCUT2D eigenvalue weighted by atomic mass is 10.0. The van der Waals surface area contributed by atoms with Gasteiger partial charge < -0.3 is 4.90 Å². The van der Waals surface area contributed by atoms with Gasteiger partial charge >= 0.3 is 0 Å². The SMILES string of the molecule is C=Nc1c(/C=C\C)cccc1S(=O)(=O)Nc1ccc(C(=O)N2CCN(CCCc3ccccc3)CC2)c(CC)c1. The highest BCUT2D eigenvalue weighted by atomic mass is 32.2. The van der Waals surface area contributed by atoms with E-state index in [0.29, 0.717) is 42.0 Å². The first-order valence-electron chi connectivity index (χ1n) is 13.8. The third-order valence-corrected chi connectivity index (χ3v) is 8.65. The fourth-order valence-electron chi connectivity index (χ4n) is 5.10. The first kappa shape index (κ1) is 29.2. The number of para-hydroxylation sites is 1. The first-order chi connectivity index (χ1) is 19.4. The van der Waals surface area contributed by atoms with Gasteiger partial charge in [-0.3, -0.25) is 19.4 Å². The summed E-state index contributed by atoms with van der Waals surface area (Å²) in [6.45, 7) is 11.5. The fourth-order valence-corrected chi connectivity index (χ4v) is 6.35. The molecule has 40 heavy (non-hydrogen) atoms. The Bertz CT molecular complexity index is 1460. The Morgan fingerprint density at radius 1 is 1.02 bits per heavy atom. The second kappa shape index (κ2) is 13.5. The number of sulfonamides is 1. The molecule has 0 spiro atoms. The number of nitrogens with one attached hydrogen (secondary N) is 1. The summed E-state index contributed by atoms with van der Waals surface area (Å²) in [5.74, 6) is -0.00705. The van der Waals surface area contributed by atoms with Crippen LogP contribution in [0, 0.1) is 0 Å². The summed E-state index contributed by atoms with van der Waals surface area (Å²) in [6.07, 6.45) is 6.38. The quantitative estimate of drug-likeness (QED) is 0.301. The Kier molecular flexibility index (Phi) is 9.90. The van der Waals surface area contributed by atoms with Gasteiger partial charge in [0.2, 0.25) is 0 Å². The number of nitrogens with zero attached hydrogens (tertiary/aromatic N) is 3. The average Bonchev–Trinajstić information content (AvgIpc) is 2.97. The van der Waals surface area contributed by atoms with Gasteiger partial charge in [0.1, 0.15) is 4.90 Å². The predicted octanol–water partition coefficient (Wildman–Crippen LogP) is 5.81. The van der Waals surface area contributed by atoms with E-state index in [4.69, 9.17) is 0 Å². The van der Waals surface area contributed by atoms with Crippen LogP contribution in [0.25, 0.3) is 6.08 Å². The molecule has 7 nitrogen and oxygen atoms in total. The van der Waals surface area contributed by atoms with Gasteiger partial charge in [-0.25, -0.2) is 8.42 Å². The zero-order chi connectivity index (χ0) is 28.5. The molecule has 1 aliphatic heterocycles. The van der Waals surface area contributed by atoms with Gasteiger partial charge in [-0.05, 0) is 74.8 Å². The van der Waals surface area contributed by atoms with Crippen molar-refractivity contribution in [3.05, 3.63) is 95.1 Å². The molecule has 4 rings (SSSR count). The monoisotopic (exact) mass is 558 g/mol. The molecule has 1 heterocycles. The Labute approximate surface area is 238 Å². The number of hydrogen-bond acceptors (Lipinski definition) is 5. The zero-order valence-electron chi connectivity index (χ0n) is 23.3. The van der Waals surface area contributed by atoms with Crippen molar-refractivity contribution in [3.8, 4) is 0 Å². The number of hydrogen-bond donors (Lipinski definition) is 1. The summed E-state index contributed by atoms with van der Waals surface area (Å²) in [7, 11) is -3.93. The third kappa shape index (κ3) is 7.06. The molecule has 1 saturated heterocycles. The number of rotatable bonds is 11. The topological polar surface area (TPSA) is 82.1 Å². The van der Waals surface area contributed by atoms with E-state index in [1.807, 2.05) is 30.9 Å². The lowest BCUT2D eigenvalue weighted by molar-refractivity contribution is 0.0635. The lowest BCUT2D eigenvalue weighted by Gasteiger charge is -2.35. The molecule has 3 aromatic carbocycles. The summed E-state index contributed by atoms with van der Waals surface area (Å²) in [5, 5.41) is 0. The largest absolute Gasteiger partial charge is 0.336 e. The molecule has 0 saturated carbocycles. The number of amides is 1. The highest BCUT2D eigenvalue weighted by Crippen LogP contribution is 2.31. The number of piperazine rings is 1. The molecule has 0 aliphatic carbocycles.